The van der Waals surface area contributed by atoms with Crippen LogP contribution in [0.1, 0.15) is 17.3 Å². The maximum absolute atomic E-state index is 13.0. The maximum Gasteiger partial charge on any atom is 0.345 e. The number of ether oxygens (including phenoxy) is 1. The number of esters is 1. The number of nitrogens with zero attached hydrogens (tertiary/aromatic N) is 2. The Bertz CT molecular complexity index is 1040. The van der Waals surface area contributed by atoms with Crippen molar-refractivity contribution in [2.75, 3.05) is 6.61 Å². The van der Waals surface area contributed by atoms with Crippen molar-refractivity contribution in [3.8, 4) is 22.7 Å². The molecule has 0 spiro atoms. The lowest BCUT2D eigenvalue weighted by atomic mass is 10.0. The van der Waals surface area contributed by atoms with Crippen LogP contribution in [0, 0.1) is 0 Å². The Labute approximate surface area is 158 Å². The molecule has 3 rings (SSSR count). The molecule has 0 aliphatic rings. The van der Waals surface area contributed by atoms with Gasteiger partial charge in [-0.3, -0.25) is 4.79 Å². The second kappa shape index (κ2) is 7.35. The predicted octanol–water partition coefficient (Wildman–Crippen LogP) is 4.19. The van der Waals surface area contributed by atoms with Crippen molar-refractivity contribution in [3.63, 3.8) is 0 Å². The van der Waals surface area contributed by atoms with E-state index in [0.717, 1.165) is 6.26 Å². The van der Waals surface area contributed by atoms with Crippen molar-refractivity contribution in [1.29, 1.82) is 0 Å². The zero-order valence-electron chi connectivity index (χ0n) is 14.0. The fourth-order valence-corrected chi connectivity index (χ4v) is 2.78. The van der Waals surface area contributed by atoms with Crippen molar-refractivity contribution in [1.82, 2.24) is 9.55 Å². The third-order valence-electron chi connectivity index (χ3n) is 3.72. The molecule has 6 nitrogen and oxygen atoms in total. The van der Waals surface area contributed by atoms with Crippen molar-refractivity contribution in [3.05, 3.63) is 62.7 Å². The number of imidazole rings is 1. The first-order valence-electron chi connectivity index (χ1n) is 7.70. The van der Waals surface area contributed by atoms with Crippen LogP contribution in [0.5, 0.6) is 0 Å². The number of hydrogen-bond donors (Lipinski definition) is 0. The molecule has 0 aliphatic carbocycles. The minimum Gasteiger partial charge on any atom is -0.462 e. The van der Waals surface area contributed by atoms with Gasteiger partial charge in [-0.15, -0.1) is 0 Å². The minimum atomic E-state index is -0.752. The molecule has 2 heterocycles. The summed E-state index contributed by atoms with van der Waals surface area (Å²) in [6, 6.07) is 4.85. The third-order valence-corrected chi connectivity index (χ3v) is 4.45. The fourth-order valence-electron chi connectivity index (χ4n) is 2.48. The van der Waals surface area contributed by atoms with Crippen LogP contribution in [0.4, 0.5) is 0 Å². The van der Waals surface area contributed by atoms with Crippen LogP contribution in [0.2, 0.25) is 10.0 Å². The normalized spacial score (nSPS) is 10.8. The van der Waals surface area contributed by atoms with Gasteiger partial charge in [0.2, 0.25) is 5.43 Å². The first kappa shape index (κ1) is 18.2. The molecular formula is C18H14Cl2N2O4. The van der Waals surface area contributed by atoms with Crippen LogP contribution in [0.15, 0.2) is 46.1 Å². The van der Waals surface area contributed by atoms with Gasteiger partial charge in [-0.1, -0.05) is 23.2 Å². The van der Waals surface area contributed by atoms with Crippen molar-refractivity contribution < 1.29 is 13.9 Å². The van der Waals surface area contributed by atoms with Gasteiger partial charge >= 0.3 is 5.97 Å². The summed E-state index contributed by atoms with van der Waals surface area (Å²) in [7, 11) is 1.73. The van der Waals surface area contributed by atoms with Crippen LogP contribution in [-0.2, 0) is 11.8 Å². The molecular weight excluding hydrogens is 379 g/mol. The van der Waals surface area contributed by atoms with Crippen LogP contribution in [0.3, 0.4) is 0 Å². The Hall–Kier alpha value is -2.57. The standard InChI is InChI=1S/C18H14Cl2N2O4/c1-3-25-18(24)11-9-26-16(10-4-5-12(19)13(20)8-10)14(15(11)23)17-21-6-7-22(17)2/h4-9H,3H2,1-2H3. The van der Waals surface area contributed by atoms with E-state index in [-0.39, 0.29) is 23.5 Å². The molecule has 0 saturated carbocycles. The van der Waals surface area contributed by atoms with E-state index in [1.165, 1.54) is 0 Å². The molecule has 0 amide bonds. The number of aromatic nitrogens is 2. The lowest BCUT2D eigenvalue weighted by molar-refractivity contribution is 0.0522. The van der Waals surface area contributed by atoms with E-state index in [4.69, 9.17) is 32.4 Å². The summed E-state index contributed by atoms with van der Waals surface area (Å²) < 4.78 is 12.2. The fraction of sp³-hybridized carbons (Fsp3) is 0.167. The molecule has 8 heteroatoms. The number of carbonyl (C=O) groups excluding carboxylic acids is 1. The van der Waals surface area contributed by atoms with Crippen LogP contribution < -0.4 is 5.43 Å². The quantitative estimate of drug-likeness (QED) is 0.622. The van der Waals surface area contributed by atoms with Gasteiger partial charge in [0.1, 0.15) is 29.0 Å². The second-order valence-electron chi connectivity index (χ2n) is 5.39. The number of carbonyl (C=O) groups is 1. The number of benzene rings is 1. The average Bonchev–Trinajstić information content (AvgIpc) is 3.03. The van der Waals surface area contributed by atoms with Gasteiger partial charge in [-0.05, 0) is 25.1 Å². The van der Waals surface area contributed by atoms with Gasteiger partial charge in [0.05, 0.1) is 16.7 Å². The Morgan fingerprint density at radius 1 is 1.31 bits per heavy atom. The van der Waals surface area contributed by atoms with E-state index in [9.17, 15) is 9.59 Å². The number of rotatable bonds is 4. The molecule has 0 saturated heterocycles. The Morgan fingerprint density at radius 2 is 2.08 bits per heavy atom. The zero-order chi connectivity index (χ0) is 18.8. The van der Waals surface area contributed by atoms with Crippen molar-refractivity contribution in [2.24, 2.45) is 7.05 Å². The minimum absolute atomic E-state index is 0.140. The molecule has 0 radical (unpaired) electrons. The number of hydrogen-bond acceptors (Lipinski definition) is 5. The zero-order valence-corrected chi connectivity index (χ0v) is 15.5. The molecule has 2 aromatic heterocycles. The van der Waals surface area contributed by atoms with E-state index in [1.807, 2.05) is 0 Å². The van der Waals surface area contributed by atoms with E-state index < -0.39 is 11.4 Å². The summed E-state index contributed by atoms with van der Waals surface area (Å²) >= 11 is 12.1. The summed E-state index contributed by atoms with van der Waals surface area (Å²) in [4.78, 5) is 29.3. The summed E-state index contributed by atoms with van der Waals surface area (Å²) in [5, 5.41) is 0.687. The number of halogens is 2. The molecule has 1 aromatic carbocycles. The summed E-state index contributed by atoms with van der Waals surface area (Å²) in [6.07, 6.45) is 4.32. The van der Waals surface area contributed by atoms with Gasteiger partial charge in [-0.2, -0.15) is 0 Å². The van der Waals surface area contributed by atoms with Crippen molar-refractivity contribution in [2.45, 2.75) is 6.92 Å². The van der Waals surface area contributed by atoms with E-state index in [2.05, 4.69) is 4.98 Å². The van der Waals surface area contributed by atoms with Gasteiger partial charge in [0.25, 0.3) is 0 Å². The second-order valence-corrected chi connectivity index (χ2v) is 6.21. The smallest absolute Gasteiger partial charge is 0.345 e. The van der Waals surface area contributed by atoms with Crippen LogP contribution >= 0.6 is 23.2 Å². The molecule has 0 bridgehead atoms. The SMILES string of the molecule is CCOC(=O)c1coc(-c2ccc(Cl)c(Cl)c2)c(-c2nccn2C)c1=O. The highest BCUT2D eigenvalue weighted by Crippen LogP contribution is 2.33. The Morgan fingerprint density at radius 3 is 2.69 bits per heavy atom. The summed E-state index contributed by atoms with van der Waals surface area (Å²) in [6.45, 7) is 1.80. The van der Waals surface area contributed by atoms with Crippen molar-refractivity contribution >= 4 is 29.2 Å². The highest BCUT2D eigenvalue weighted by molar-refractivity contribution is 6.42. The molecule has 0 N–H and O–H groups in total. The van der Waals surface area contributed by atoms with E-state index >= 15 is 0 Å². The summed E-state index contributed by atoms with van der Waals surface area (Å²) in [5.74, 6) is -0.167. The molecule has 134 valence electrons. The molecule has 0 aliphatic heterocycles. The molecule has 0 fully saturated rings. The van der Waals surface area contributed by atoms with E-state index in [1.54, 1.807) is 49.1 Å². The van der Waals surface area contributed by atoms with Gasteiger partial charge < -0.3 is 13.7 Å². The highest BCUT2D eigenvalue weighted by atomic mass is 35.5. The molecule has 0 unspecified atom stereocenters. The summed E-state index contributed by atoms with van der Waals surface area (Å²) in [5.41, 5.74) is -0.0647. The first-order chi connectivity index (χ1) is 12.4. The van der Waals surface area contributed by atoms with Gasteiger partial charge in [0, 0.05) is 25.0 Å². The maximum atomic E-state index is 13.0. The lowest BCUT2D eigenvalue weighted by Gasteiger charge is -2.10. The van der Waals surface area contributed by atoms with Crippen LogP contribution in [0.25, 0.3) is 22.7 Å². The average molecular weight is 393 g/mol. The van der Waals surface area contributed by atoms with Crippen LogP contribution in [-0.4, -0.2) is 22.1 Å². The largest absolute Gasteiger partial charge is 0.462 e. The first-order valence-corrected chi connectivity index (χ1v) is 8.45. The molecule has 0 atom stereocenters. The van der Waals surface area contributed by atoms with Gasteiger partial charge in [-0.25, -0.2) is 9.78 Å². The van der Waals surface area contributed by atoms with E-state index in [0.29, 0.717) is 21.4 Å². The molecule has 26 heavy (non-hydrogen) atoms. The predicted molar refractivity (Wildman–Crippen MR) is 98.6 cm³/mol. The monoisotopic (exact) mass is 392 g/mol. The van der Waals surface area contributed by atoms with Gasteiger partial charge in [0.15, 0.2) is 0 Å². The Balaban J connectivity index is 2.30. The highest BCUT2D eigenvalue weighted by Gasteiger charge is 2.24. The Kier molecular flexibility index (Phi) is 5.15. The topological polar surface area (TPSA) is 74.3 Å². The molecule has 3 aromatic rings. The third kappa shape index (κ3) is 3.25. The number of aryl methyl sites for hydroxylation is 1. The lowest BCUT2D eigenvalue weighted by Crippen LogP contribution is -2.20.